The molecule has 21 heavy (non-hydrogen) atoms. The number of halogens is 1. The Morgan fingerprint density at radius 3 is 2.38 bits per heavy atom. The number of aryl methyl sites for hydroxylation is 1. The quantitative estimate of drug-likeness (QED) is 0.431. The fraction of sp³-hybridized carbons (Fsp3) is 0.0769. The molecule has 2 aromatic carbocycles. The molecule has 0 amide bonds. The molecule has 0 spiro atoms. The summed E-state index contributed by atoms with van der Waals surface area (Å²) in [6.07, 6.45) is 0. The number of hydrogen-bond donors (Lipinski definition) is 0. The van der Waals surface area contributed by atoms with Gasteiger partial charge in [0.25, 0.3) is 15.7 Å². The summed E-state index contributed by atoms with van der Waals surface area (Å²) in [5.41, 5.74) is 0.900. The highest BCUT2D eigenvalue weighted by atomic mass is 127. The van der Waals surface area contributed by atoms with Crippen molar-refractivity contribution in [3.63, 3.8) is 0 Å². The molecule has 0 aliphatic heterocycles. The number of nitrogens with zero attached hydrogens (tertiary/aromatic N) is 2. The smallest absolute Gasteiger partial charge is 0.258 e. The Bertz CT molecular complexity index is 801. The van der Waals surface area contributed by atoms with E-state index >= 15 is 0 Å². The van der Waals surface area contributed by atoms with Gasteiger partial charge in [-0.15, -0.1) is 2.55 Å². The zero-order chi connectivity index (χ0) is 15.5. The first-order valence-electron chi connectivity index (χ1n) is 5.81. The summed E-state index contributed by atoms with van der Waals surface area (Å²) in [7, 11) is -3.76. The van der Waals surface area contributed by atoms with E-state index in [2.05, 4.69) is 2.55 Å². The Hall–Kier alpha value is -1.68. The van der Waals surface area contributed by atoms with Gasteiger partial charge in [0.2, 0.25) is 0 Å². The first-order chi connectivity index (χ1) is 9.88. The number of nitro benzene ring substituents is 1. The fourth-order valence-corrected chi connectivity index (χ4v) is 5.39. The molecule has 0 aromatic heterocycles. The van der Waals surface area contributed by atoms with Gasteiger partial charge in [0.15, 0.2) is 0 Å². The van der Waals surface area contributed by atoms with E-state index in [1.807, 2.05) is 31.2 Å². The van der Waals surface area contributed by atoms with Gasteiger partial charge in [-0.1, -0.05) is 17.7 Å². The van der Waals surface area contributed by atoms with Crippen LogP contribution in [0.5, 0.6) is 0 Å². The predicted molar refractivity (Wildman–Crippen MR) is 86.6 cm³/mol. The van der Waals surface area contributed by atoms with Crippen LogP contribution in [0.15, 0.2) is 56.0 Å². The lowest BCUT2D eigenvalue weighted by atomic mass is 10.2. The topological polar surface area (TPSA) is 89.6 Å². The molecule has 0 saturated heterocycles. The van der Waals surface area contributed by atoms with Gasteiger partial charge in [-0.2, -0.15) is 8.42 Å². The van der Waals surface area contributed by atoms with Gasteiger partial charge in [-0.05, 0) is 31.2 Å². The van der Waals surface area contributed by atoms with Crippen LogP contribution in [0, 0.1) is 20.6 Å². The van der Waals surface area contributed by atoms with Crippen molar-refractivity contribution in [2.75, 3.05) is 0 Å². The van der Waals surface area contributed by atoms with E-state index in [9.17, 15) is 18.5 Å². The zero-order valence-electron chi connectivity index (χ0n) is 10.9. The van der Waals surface area contributed by atoms with Gasteiger partial charge in [-0.25, -0.2) is 0 Å². The summed E-state index contributed by atoms with van der Waals surface area (Å²) in [4.78, 5) is 9.94. The fourth-order valence-electron chi connectivity index (χ4n) is 1.52. The number of nitro groups is 1. The largest absolute Gasteiger partial charge is 0.286 e. The third-order valence-corrected chi connectivity index (χ3v) is 7.04. The molecule has 2 aromatic rings. The summed E-state index contributed by atoms with van der Waals surface area (Å²) in [5, 5.41) is 10.5. The second-order valence-electron chi connectivity index (χ2n) is 4.18. The van der Waals surface area contributed by atoms with E-state index in [-0.39, 0.29) is 10.6 Å². The van der Waals surface area contributed by atoms with Crippen LogP contribution in [0.4, 0.5) is 5.69 Å². The number of sulfonamides is 1. The molecule has 0 N–H and O–H groups in total. The van der Waals surface area contributed by atoms with Crippen molar-refractivity contribution in [2.45, 2.75) is 11.8 Å². The van der Waals surface area contributed by atoms with Crippen LogP contribution in [-0.2, 0) is 10.0 Å². The van der Waals surface area contributed by atoms with Crippen LogP contribution in [0.3, 0.4) is 0 Å². The first-order valence-corrected chi connectivity index (χ1v) is 9.29. The summed E-state index contributed by atoms with van der Waals surface area (Å²) in [5.74, 6) is 0. The van der Waals surface area contributed by atoms with Gasteiger partial charge < -0.3 is 0 Å². The van der Waals surface area contributed by atoms with Crippen molar-refractivity contribution in [1.82, 2.24) is 0 Å². The lowest BCUT2D eigenvalue weighted by Crippen LogP contribution is -1.95. The molecule has 2 rings (SSSR count). The molecule has 0 bridgehead atoms. The lowest BCUT2D eigenvalue weighted by molar-refractivity contribution is -0.384. The van der Waals surface area contributed by atoms with Crippen molar-refractivity contribution in [3.05, 3.63) is 67.8 Å². The van der Waals surface area contributed by atoms with Gasteiger partial charge in [0, 0.05) is 36.7 Å². The van der Waals surface area contributed by atoms with Crippen LogP contribution >= 0.6 is 21.0 Å². The standard InChI is InChI=1S/C13H11IN2O4S/c1-10-3-2-4-11(9-10)14-15-21(19,20)13-7-5-12(6-8-13)16(17)18/h2-9H,1H3. The number of hydrogen-bond acceptors (Lipinski definition) is 4. The first kappa shape index (κ1) is 15.7. The average molecular weight is 418 g/mol. The summed E-state index contributed by atoms with van der Waals surface area (Å²) < 4.78 is 28.9. The van der Waals surface area contributed by atoms with Crippen molar-refractivity contribution in [2.24, 2.45) is 2.55 Å². The molecule has 8 heteroatoms. The Morgan fingerprint density at radius 2 is 1.81 bits per heavy atom. The highest BCUT2D eigenvalue weighted by Crippen LogP contribution is 2.23. The minimum Gasteiger partial charge on any atom is -0.258 e. The van der Waals surface area contributed by atoms with Crippen molar-refractivity contribution >= 4 is 36.7 Å². The Kier molecular flexibility index (Phi) is 4.78. The predicted octanol–water partition coefficient (Wildman–Crippen LogP) is 3.62. The Labute approximate surface area is 132 Å². The van der Waals surface area contributed by atoms with E-state index in [4.69, 9.17) is 0 Å². The van der Waals surface area contributed by atoms with Gasteiger partial charge >= 0.3 is 0 Å². The zero-order valence-corrected chi connectivity index (χ0v) is 13.9. The summed E-state index contributed by atoms with van der Waals surface area (Å²) in [6, 6.07) is 12.3. The maximum atomic E-state index is 12.1. The molecule has 0 atom stereocenters. The molecule has 0 saturated carbocycles. The number of rotatable bonds is 4. The van der Waals surface area contributed by atoms with Crippen molar-refractivity contribution in [1.29, 1.82) is 0 Å². The number of non-ortho nitro benzene ring substituents is 1. The SMILES string of the molecule is Cc1cccc(I=NS(=O)(=O)c2ccc([N+](=O)[O-])cc2)c1. The van der Waals surface area contributed by atoms with Gasteiger partial charge in [0.05, 0.1) is 9.82 Å². The van der Waals surface area contributed by atoms with E-state index in [0.717, 1.165) is 21.3 Å². The molecule has 0 aliphatic carbocycles. The minimum absolute atomic E-state index is 0.0274. The minimum atomic E-state index is -3.76. The van der Waals surface area contributed by atoms with Gasteiger partial charge in [0.1, 0.15) is 0 Å². The van der Waals surface area contributed by atoms with E-state index < -0.39 is 36.0 Å². The Balaban J connectivity index is 2.27. The highest BCUT2D eigenvalue weighted by molar-refractivity contribution is 14.2. The van der Waals surface area contributed by atoms with Crippen LogP contribution in [0.25, 0.3) is 0 Å². The monoisotopic (exact) mass is 418 g/mol. The van der Waals surface area contributed by atoms with Gasteiger partial charge in [-0.3, -0.25) is 10.1 Å². The van der Waals surface area contributed by atoms with Crippen LogP contribution in [0.2, 0.25) is 0 Å². The molecule has 6 nitrogen and oxygen atoms in total. The summed E-state index contributed by atoms with van der Waals surface area (Å²) in [6.45, 7) is 1.93. The normalized spacial score (nSPS) is 12.0. The van der Waals surface area contributed by atoms with Crippen molar-refractivity contribution < 1.29 is 13.3 Å². The lowest BCUT2D eigenvalue weighted by Gasteiger charge is -1.98. The maximum absolute atomic E-state index is 12.1. The van der Waals surface area contributed by atoms with Crippen molar-refractivity contribution in [3.8, 4) is 0 Å². The molecule has 0 fully saturated rings. The highest BCUT2D eigenvalue weighted by Gasteiger charge is 2.14. The molecular formula is C13H11IN2O4S. The Morgan fingerprint density at radius 1 is 1.14 bits per heavy atom. The van der Waals surface area contributed by atoms with E-state index in [1.54, 1.807) is 0 Å². The van der Waals surface area contributed by atoms with Crippen LogP contribution < -0.4 is 0 Å². The molecule has 0 unspecified atom stereocenters. The third kappa shape index (κ3) is 4.14. The second-order valence-corrected chi connectivity index (χ2v) is 8.65. The van der Waals surface area contributed by atoms with Crippen LogP contribution in [0.1, 0.15) is 5.56 Å². The average Bonchev–Trinajstić information content (AvgIpc) is 2.45. The molecule has 110 valence electrons. The van der Waals surface area contributed by atoms with Crippen LogP contribution in [-0.4, -0.2) is 13.3 Å². The van der Waals surface area contributed by atoms with E-state index in [0.29, 0.717) is 0 Å². The molecule has 0 radical (unpaired) electrons. The maximum Gasteiger partial charge on any atom is 0.286 e. The summed E-state index contributed by atoms with van der Waals surface area (Å²) >= 11 is -1.02. The second kappa shape index (κ2) is 6.39. The number of benzene rings is 2. The third-order valence-electron chi connectivity index (χ3n) is 2.55. The molecular weight excluding hydrogens is 407 g/mol. The molecule has 0 aliphatic rings. The van der Waals surface area contributed by atoms with E-state index in [1.165, 1.54) is 12.1 Å². The molecule has 0 heterocycles.